The van der Waals surface area contributed by atoms with Gasteiger partial charge in [-0.25, -0.2) is 13.1 Å². The number of rotatable bonds is 6. The third-order valence-electron chi connectivity index (χ3n) is 3.73. The summed E-state index contributed by atoms with van der Waals surface area (Å²) in [6.45, 7) is 6.24. The normalized spacial score (nSPS) is 11.3. The first-order valence-corrected chi connectivity index (χ1v) is 9.30. The fourth-order valence-electron chi connectivity index (χ4n) is 2.12. The van der Waals surface area contributed by atoms with Crippen LogP contribution in [-0.2, 0) is 10.0 Å². The van der Waals surface area contributed by atoms with Gasteiger partial charge in [-0.15, -0.1) is 0 Å². The van der Waals surface area contributed by atoms with Crippen molar-refractivity contribution >= 4 is 21.6 Å². The molecule has 5 nitrogen and oxygen atoms in total. The summed E-state index contributed by atoms with van der Waals surface area (Å²) < 4.78 is 26.5. The largest absolute Gasteiger partial charge is 0.322 e. The number of nitrogens with one attached hydrogen (secondary N) is 2. The Balaban J connectivity index is 2.11. The molecule has 0 spiro atoms. The number of anilines is 1. The number of sulfonamides is 1. The van der Waals surface area contributed by atoms with Crippen LogP contribution in [0.5, 0.6) is 0 Å². The molecule has 0 aliphatic carbocycles. The monoisotopic (exact) mass is 346 g/mol. The molecule has 0 atom stereocenters. The summed E-state index contributed by atoms with van der Waals surface area (Å²) >= 11 is 0. The zero-order valence-corrected chi connectivity index (χ0v) is 14.9. The predicted molar refractivity (Wildman–Crippen MR) is 95.8 cm³/mol. The Morgan fingerprint density at radius 2 is 1.67 bits per heavy atom. The van der Waals surface area contributed by atoms with Crippen LogP contribution in [0.15, 0.2) is 47.4 Å². The summed E-state index contributed by atoms with van der Waals surface area (Å²) in [4.78, 5) is 12.4. The highest BCUT2D eigenvalue weighted by atomic mass is 32.2. The third kappa shape index (κ3) is 4.43. The first-order valence-electron chi connectivity index (χ1n) is 7.82. The Kier molecular flexibility index (Phi) is 5.75. The van der Waals surface area contributed by atoms with E-state index in [1.165, 1.54) is 12.1 Å². The van der Waals surface area contributed by atoms with E-state index in [-0.39, 0.29) is 10.8 Å². The molecular formula is C18H22N2O3S. The molecule has 0 bridgehead atoms. The first kappa shape index (κ1) is 18.2. The summed E-state index contributed by atoms with van der Waals surface area (Å²) in [5.74, 6) is -0.224. The van der Waals surface area contributed by atoms with Gasteiger partial charge in [0.2, 0.25) is 10.0 Å². The van der Waals surface area contributed by atoms with E-state index in [0.29, 0.717) is 17.8 Å². The van der Waals surface area contributed by atoms with E-state index in [1.54, 1.807) is 18.2 Å². The zero-order valence-electron chi connectivity index (χ0n) is 14.1. The van der Waals surface area contributed by atoms with Crippen LogP contribution in [0.1, 0.15) is 34.8 Å². The second-order valence-corrected chi connectivity index (χ2v) is 7.44. The van der Waals surface area contributed by atoms with Crippen molar-refractivity contribution in [3.63, 3.8) is 0 Å². The fraction of sp³-hybridized carbons (Fsp3) is 0.278. The van der Waals surface area contributed by atoms with Gasteiger partial charge in [-0.1, -0.05) is 13.0 Å². The second kappa shape index (κ2) is 7.59. The quantitative estimate of drug-likeness (QED) is 0.843. The summed E-state index contributed by atoms with van der Waals surface area (Å²) in [5, 5.41) is 2.77. The van der Waals surface area contributed by atoms with E-state index >= 15 is 0 Å². The van der Waals surface area contributed by atoms with Gasteiger partial charge in [-0.05, 0) is 67.8 Å². The lowest BCUT2D eigenvalue weighted by Gasteiger charge is -2.09. The highest BCUT2D eigenvalue weighted by molar-refractivity contribution is 7.89. The van der Waals surface area contributed by atoms with E-state index < -0.39 is 10.0 Å². The van der Waals surface area contributed by atoms with Crippen LogP contribution in [-0.4, -0.2) is 20.9 Å². The molecule has 0 saturated carbocycles. The van der Waals surface area contributed by atoms with Crippen molar-refractivity contribution in [1.82, 2.24) is 4.72 Å². The van der Waals surface area contributed by atoms with Crippen molar-refractivity contribution in [2.75, 3.05) is 11.9 Å². The minimum absolute atomic E-state index is 0.181. The molecule has 0 radical (unpaired) electrons. The minimum Gasteiger partial charge on any atom is -0.322 e. The lowest BCUT2D eigenvalue weighted by atomic mass is 10.1. The number of amides is 1. The average Bonchev–Trinajstić information content (AvgIpc) is 2.56. The third-order valence-corrected chi connectivity index (χ3v) is 5.21. The van der Waals surface area contributed by atoms with Crippen LogP contribution in [0.25, 0.3) is 0 Å². The van der Waals surface area contributed by atoms with Gasteiger partial charge in [-0.3, -0.25) is 4.79 Å². The lowest BCUT2D eigenvalue weighted by molar-refractivity contribution is 0.102. The average molecular weight is 346 g/mol. The summed E-state index contributed by atoms with van der Waals surface area (Å²) in [5.41, 5.74) is 3.29. The Labute approximate surface area is 143 Å². The molecule has 0 aromatic heterocycles. The molecule has 0 unspecified atom stereocenters. The van der Waals surface area contributed by atoms with Crippen molar-refractivity contribution in [1.29, 1.82) is 0 Å². The molecule has 2 aromatic carbocycles. The standard InChI is InChI=1S/C18H22N2O3S/c1-4-11-19-24(22,23)17-9-7-16(8-10-17)20-18(21)15-6-5-13(2)14(3)12-15/h5-10,12,19H,4,11H2,1-3H3,(H,20,21). The van der Waals surface area contributed by atoms with Gasteiger partial charge in [0.25, 0.3) is 5.91 Å². The zero-order chi connectivity index (χ0) is 17.7. The fourth-order valence-corrected chi connectivity index (χ4v) is 3.26. The van der Waals surface area contributed by atoms with E-state index in [2.05, 4.69) is 10.0 Å². The van der Waals surface area contributed by atoms with Gasteiger partial charge in [-0.2, -0.15) is 0 Å². The molecular weight excluding hydrogens is 324 g/mol. The molecule has 128 valence electrons. The van der Waals surface area contributed by atoms with Gasteiger partial charge in [0.05, 0.1) is 4.90 Å². The molecule has 0 heterocycles. The molecule has 0 aliphatic heterocycles. The maximum atomic E-state index is 12.3. The van der Waals surface area contributed by atoms with E-state index in [0.717, 1.165) is 17.5 Å². The molecule has 6 heteroatoms. The summed E-state index contributed by atoms with van der Waals surface area (Å²) in [6, 6.07) is 11.6. The molecule has 2 rings (SSSR count). The van der Waals surface area contributed by atoms with Crippen LogP contribution in [0.2, 0.25) is 0 Å². The minimum atomic E-state index is -3.49. The number of aryl methyl sites for hydroxylation is 2. The first-order chi connectivity index (χ1) is 11.3. The SMILES string of the molecule is CCCNS(=O)(=O)c1ccc(NC(=O)c2ccc(C)c(C)c2)cc1. The molecule has 0 aliphatic rings. The smallest absolute Gasteiger partial charge is 0.255 e. The molecule has 2 N–H and O–H groups in total. The van der Waals surface area contributed by atoms with E-state index in [9.17, 15) is 13.2 Å². The number of hydrogen-bond donors (Lipinski definition) is 2. The number of hydrogen-bond acceptors (Lipinski definition) is 3. The van der Waals surface area contributed by atoms with Crippen molar-refractivity contribution < 1.29 is 13.2 Å². The second-order valence-electron chi connectivity index (χ2n) is 5.68. The van der Waals surface area contributed by atoms with Crippen molar-refractivity contribution in [3.05, 3.63) is 59.2 Å². The van der Waals surface area contributed by atoms with Gasteiger partial charge in [0, 0.05) is 17.8 Å². The molecule has 0 fully saturated rings. The molecule has 2 aromatic rings. The maximum absolute atomic E-state index is 12.3. The Morgan fingerprint density at radius 3 is 2.25 bits per heavy atom. The van der Waals surface area contributed by atoms with Gasteiger partial charge < -0.3 is 5.32 Å². The Hall–Kier alpha value is -2.18. The van der Waals surface area contributed by atoms with Gasteiger partial charge in [0.1, 0.15) is 0 Å². The predicted octanol–water partition coefficient (Wildman–Crippen LogP) is 3.24. The summed E-state index contributed by atoms with van der Waals surface area (Å²) in [6.07, 6.45) is 0.726. The molecule has 24 heavy (non-hydrogen) atoms. The van der Waals surface area contributed by atoms with Crippen LogP contribution in [0, 0.1) is 13.8 Å². The van der Waals surface area contributed by atoms with E-state index in [4.69, 9.17) is 0 Å². The van der Waals surface area contributed by atoms with Crippen molar-refractivity contribution in [3.8, 4) is 0 Å². The Morgan fingerprint density at radius 1 is 1.00 bits per heavy atom. The number of benzene rings is 2. The topological polar surface area (TPSA) is 75.3 Å². The lowest BCUT2D eigenvalue weighted by Crippen LogP contribution is -2.24. The molecule has 0 saturated heterocycles. The van der Waals surface area contributed by atoms with Crippen LogP contribution >= 0.6 is 0 Å². The summed E-state index contributed by atoms with van der Waals surface area (Å²) in [7, 11) is -3.49. The van der Waals surface area contributed by atoms with Crippen LogP contribution < -0.4 is 10.0 Å². The number of carbonyl (C=O) groups is 1. The highest BCUT2D eigenvalue weighted by Gasteiger charge is 2.13. The number of carbonyl (C=O) groups excluding carboxylic acids is 1. The van der Waals surface area contributed by atoms with Crippen LogP contribution in [0.3, 0.4) is 0 Å². The Bertz CT molecular complexity index is 828. The van der Waals surface area contributed by atoms with Gasteiger partial charge >= 0.3 is 0 Å². The van der Waals surface area contributed by atoms with Crippen LogP contribution in [0.4, 0.5) is 5.69 Å². The maximum Gasteiger partial charge on any atom is 0.255 e. The van der Waals surface area contributed by atoms with E-state index in [1.807, 2.05) is 32.9 Å². The van der Waals surface area contributed by atoms with Crippen molar-refractivity contribution in [2.45, 2.75) is 32.1 Å². The molecule has 1 amide bonds. The highest BCUT2D eigenvalue weighted by Crippen LogP contribution is 2.16. The van der Waals surface area contributed by atoms with Crippen molar-refractivity contribution in [2.24, 2.45) is 0 Å². The van der Waals surface area contributed by atoms with Gasteiger partial charge in [0.15, 0.2) is 0 Å².